The highest BCUT2D eigenvalue weighted by atomic mass is 16.6. The van der Waals surface area contributed by atoms with Crippen LogP contribution in [0.5, 0.6) is 0 Å². The Kier molecular flexibility index (Phi) is 9.22. The minimum Gasteiger partial charge on any atom is -0.452 e. The van der Waals surface area contributed by atoms with Crippen LogP contribution in [0.15, 0.2) is 98.1 Å². The molecule has 0 aliphatic heterocycles. The Balaban J connectivity index is 1.55. The van der Waals surface area contributed by atoms with Gasteiger partial charge in [-0.3, -0.25) is 19.9 Å². The molecule has 4 aromatic heterocycles. The maximum atomic E-state index is 13.2. The molecule has 0 radical (unpaired) electrons. The molecule has 0 amide bonds. The predicted octanol–water partition coefficient (Wildman–Crippen LogP) is 1.20. The van der Waals surface area contributed by atoms with E-state index in [9.17, 15) is 29.4 Å². The summed E-state index contributed by atoms with van der Waals surface area (Å²) in [5, 5.41) is 22.4. The summed E-state index contributed by atoms with van der Waals surface area (Å²) in [6.45, 7) is 0. The quantitative estimate of drug-likeness (QED) is 0.216. The van der Waals surface area contributed by atoms with Crippen molar-refractivity contribution in [3.05, 3.63) is 120 Å². The fraction of sp³-hybridized carbons (Fsp3) is 0.200. The molecule has 224 valence electrons. The van der Waals surface area contributed by atoms with Crippen LogP contribution >= 0.6 is 0 Å². The summed E-state index contributed by atoms with van der Waals surface area (Å²) < 4.78 is 22.4. The minimum absolute atomic E-state index is 0.0273. The number of hydrogen-bond donors (Lipinski definition) is 2. The van der Waals surface area contributed by atoms with Crippen molar-refractivity contribution < 1.29 is 48.3 Å². The number of aliphatic hydroxyl groups excluding tert-OH is 2. The number of hydrogen-bond acceptors (Lipinski definition) is 14. The zero-order chi connectivity index (χ0) is 31.1. The van der Waals surface area contributed by atoms with Gasteiger partial charge in [0.15, 0.2) is 24.4 Å². The largest absolute Gasteiger partial charge is 0.452 e. The van der Waals surface area contributed by atoms with Crippen LogP contribution in [-0.2, 0) is 18.9 Å². The first-order valence-electron chi connectivity index (χ1n) is 13.1. The number of pyridine rings is 4. The fourth-order valence-electron chi connectivity index (χ4n) is 4.39. The van der Waals surface area contributed by atoms with Crippen LogP contribution in [0, 0.1) is 0 Å². The molecule has 4 heterocycles. The molecule has 1 fully saturated rings. The lowest BCUT2D eigenvalue weighted by atomic mass is 9.84. The number of rotatable bonds is 8. The van der Waals surface area contributed by atoms with Crippen molar-refractivity contribution in [1.29, 1.82) is 0 Å². The second kappa shape index (κ2) is 13.6. The third kappa shape index (κ3) is 6.72. The topological polar surface area (TPSA) is 197 Å². The van der Waals surface area contributed by atoms with Gasteiger partial charge in [-0.15, -0.1) is 0 Å². The van der Waals surface area contributed by atoms with E-state index in [0.717, 1.165) is 0 Å². The van der Waals surface area contributed by atoms with Crippen molar-refractivity contribution in [2.45, 2.75) is 36.6 Å². The van der Waals surface area contributed by atoms with Gasteiger partial charge in [-0.1, -0.05) is 0 Å². The van der Waals surface area contributed by atoms with Crippen LogP contribution in [0.4, 0.5) is 0 Å². The number of esters is 4. The SMILES string of the molecule is O=C(O[C@H]1[C@H](OC(=O)c2cccnc2)[C@@H](OC(=O)c2cccnc2)[C@@H](O)[C@@H](O)[C@@H]1OC(=O)c1cccnc1)c1cccnc1. The van der Waals surface area contributed by atoms with Crippen molar-refractivity contribution in [2.75, 3.05) is 0 Å². The van der Waals surface area contributed by atoms with E-state index in [1.54, 1.807) is 0 Å². The van der Waals surface area contributed by atoms with Crippen molar-refractivity contribution in [3.63, 3.8) is 0 Å². The van der Waals surface area contributed by atoms with Gasteiger partial charge < -0.3 is 29.2 Å². The van der Waals surface area contributed by atoms with Crippen molar-refractivity contribution in [1.82, 2.24) is 19.9 Å². The number of aliphatic hydroxyl groups is 2. The van der Waals surface area contributed by atoms with Gasteiger partial charge >= 0.3 is 23.9 Å². The lowest BCUT2D eigenvalue weighted by molar-refractivity contribution is -0.223. The average Bonchev–Trinajstić information content (AvgIpc) is 3.08. The standard InChI is InChI=1S/C30H24N4O10/c35-21-22(36)24(42-28(38)18-6-2-10-32-14-18)26(44-30(40)20-8-4-12-34-16-20)25(43-29(39)19-7-3-11-33-15-19)23(21)41-27(37)17-5-1-9-31-13-17/h1-16,21-26,35-36H/t21-,22+,23-,24-,25+,26+/m0/s1. The second-order valence-electron chi connectivity index (χ2n) is 9.43. The van der Waals surface area contributed by atoms with Gasteiger partial charge in [0, 0.05) is 49.6 Å². The van der Waals surface area contributed by atoms with Crippen LogP contribution in [0.1, 0.15) is 41.4 Å². The van der Waals surface area contributed by atoms with E-state index in [0.29, 0.717) is 0 Å². The maximum Gasteiger partial charge on any atom is 0.340 e. The van der Waals surface area contributed by atoms with Crippen LogP contribution in [0.25, 0.3) is 0 Å². The molecule has 4 aromatic rings. The Labute approximate surface area is 249 Å². The third-order valence-electron chi connectivity index (χ3n) is 6.56. The van der Waals surface area contributed by atoms with E-state index in [1.165, 1.54) is 98.1 Å². The predicted molar refractivity (Wildman–Crippen MR) is 146 cm³/mol. The second-order valence-corrected chi connectivity index (χ2v) is 9.43. The molecule has 1 aliphatic carbocycles. The van der Waals surface area contributed by atoms with Gasteiger partial charge in [-0.05, 0) is 48.5 Å². The highest BCUT2D eigenvalue weighted by Gasteiger charge is 2.57. The highest BCUT2D eigenvalue weighted by molar-refractivity contribution is 5.91. The monoisotopic (exact) mass is 600 g/mol. The molecule has 5 rings (SSSR count). The van der Waals surface area contributed by atoms with Crippen LogP contribution in [0.3, 0.4) is 0 Å². The molecule has 14 nitrogen and oxygen atoms in total. The van der Waals surface area contributed by atoms with E-state index in [2.05, 4.69) is 19.9 Å². The van der Waals surface area contributed by atoms with Crippen LogP contribution in [0.2, 0.25) is 0 Å². The normalized spacial score (nSPS) is 22.7. The Morgan fingerprint density at radius 3 is 0.932 bits per heavy atom. The van der Waals surface area contributed by atoms with E-state index < -0.39 is 60.5 Å². The van der Waals surface area contributed by atoms with E-state index in [1.807, 2.05) is 0 Å². The van der Waals surface area contributed by atoms with Gasteiger partial charge in [0.25, 0.3) is 0 Å². The van der Waals surface area contributed by atoms with Gasteiger partial charge in [0.05, 0.1) is 22.3 Å². The molecule has 0 spiro atoms. The molecule has 44 heavy (non-hydrogen) atoms. The van der Waals surface area contributed by atoms with E-state index >= 15 is 0 Å². The van der Waals surface area contributed by atoms with Crippen molar-refractivity contribution >= 4 is 23.9 Å². The summed E-state index contributed by atoms with van der Waals surface area (Å²) >= 11 is 0. The Hall–Kier alpha value is -5.60. The maximum absolute atomic E-state index is 13.2. The molecule has 6 atom stereocenters. The molecule has 0 bridgehead atoms. The highest BCUT2D eigenvalue weighted by Crippen LogP contribution is 2.32. The molecule has 1 aliphatic rings. The molecule has 14 heteroatoms. The Morgan fingerprint density at radius 2 is 0.705 bits per heavy atom. The lowest BCUT2D eigenvalue weighted by Gasteiger charge is -2.45. The molecular formula is C30H24N4O10. The number of carbonyl (C=O) groups is 4. The Bertz CT molecular complexity index is 1470. The van der Waals surface area contributed by atoms with Crippen molar-refractivity contribution in [2.24, 2.45) is 0 Å². The Morgan fingerprint density at radius 1 is 0.455 bits per heavy atom. The molecule has 0 unspecified atom stereocenters. The zero-order valence-corrected chi connectivity index (χ0v) is 22.7. The molecule has 1 saturated carbocycles. The number of nitrogens with zero attached hydrogens (tertiary/aromatic N) is 4. The summed E-state index contributed by atoms with van der Waals surface area (Å²) in [5.41, 5.74) is -0.125. The fourth-order valence-corrected chi connectivity index (χ4v) is 4.39. The van der Waals surface area contributed by atoms with E-state index in [-0.39, 0.29) is 22.3 Å². The summed E-state index contributed by atoms with van der Waals surface area (Å²) in [4.78, 5) is 68.0. The summed E-state index contributed by atoms with van der Waals surface area (Å²) in [7, 11) is 0. The molecule has 0 saturated heterocycles. The first kappa shape index (κ1) is 29.9. The molecule has 0 aromatic carbocycles. The summed E-state index contributed by atoms with van der Waals surface area (Å²) in [5.74, 6) is -4.01. The number of aromatic nitrogens is 4. The number of ether oxygens (including phenoxy) is 4. The van der Waals surface area contributed by atoms with Gasteiger partial charge in [-0.25, -0.2) is 19.2 Å². The third-order valence-corrected chi connectivity index (χ3v) is 6.56. The minimum atomic E-state index is -2.00. The first-order chi connectivity index (χ1) is 21.3. The molecular weight excluding hydrogens is 576 g/mol. The van der Waals surface area contributed by atoms with Crippen LogP contribution < -0.4 is 0 Å². The van der Waals surface area contributed by atoms with Gasteiger partial charge in [0.1, 0.15) is 12.2 Å². The van der Waals surface area contributed by atoms with Crippen LogP contribution in [-0.4, -0.2) is 90.6 Å². The van der Waals surface area contributed by atoms with Gasteiger partial charge in [0.2, 0.25) is 0 Å². The number of carbonyl (C=O) groups excluding carboxylic acids is 4. The summed E-state index contributed by atoms with van der Waals surface area (Å²) in [6, 6.07) is 11.4. The summed E-state index contributed by atoms with van der Waals surface area (Å²) in [6.07, 6.45) is -0.790. The first-order valence-corrected chi connectivity index (χ1v) is 13.1. The zero-order valence-electron chi connectivity index (χ0n) is 22.7. The van der Waals surface area contributed by atoms with Crippen molar-refractivity contribution in [3.8, 4) is 0 Å². The van der Waals surface area contributed by atoms with Gasteiger partial charge in [-0.2, -0.15) is 0 Å². The lowest BCUT2D eigenvalue weighted by Crippen LogP contribution is -2.67. The molecule has 2 N–H and O–H groups in total. The smallest absolute Gasteiger partial charge is 0.340 e. The van der Waals surface area contributed by atoms with E-state index in [4.69, 9.17) is 18.9 Å². The average molecular weight is 601 g/mol.